The van der Waals surface area contributed by atoms with Crippen LogP contribution in [0.4, 0.5) is 0 Å². The van der Waals surface area contributed by atoms with Crippen molar-refractivity contribution in [2.75, 3.05) is 0 Å². The maximum atomic E-state index is 6.66. The molecule has 1 heterocycles. The third kappa shape index (κ3) is 3.80. The number of hydrogen-bond acceptors (Lipinski definition) is 3. The number of rotatable bonds is 3. The number of halogens is 1. The third-order valence-electron chi connectivity index (χ3n) is 6.07. The lowest BCUT2D eigenvalue weighted by Crippen LogP contribution is -2.44. The summed E-state index contributed by atoms with van der Waals surface area (Å²) < 4.78 is 18.7. The van der Waals surface area contributed by atoms with Crippen LogP contribution in [0, 0.1) is 6.92 Å². The first-order valence-corrected chi connectivity index (χ1v) is 12.2. The van der Waals surface area contributed by atoms with E-state index in [1.165, 1.54) is 0 Å². The molecule has 0 radical (unpaired) electrons. The highest BCUT2D eigenvalue weighted by Crippen LogP contribution is 2.41. The predicted molar refractivity (Wildman–Crippen MR) is 110 cm³/mol. The van der Waals surface area contributed by atoms with Gasteiger partial charge in [-0.15, -0.1) is 0 Å². The van der Waals surface area contributed by atoms with Gasteiger partial charge in [0.05, 0.1) is 16.2 Å². The molecule has 0 bridgehead atoms. The van der Waals surface area contributed by atoms with Crippen LogP contribution in [-0.4, -0.2) is 26.6 Å². The summed E-state index contributed by atoms with van der Waals surface area (Å²) in [5, 5.41) is 0.770. The molecule has 140 valence electrons. The molecule has 1 aliphatic heterocycles. The summed E-state index contributed by atoms with van der Waals surface area (Å²) in [5.41, 5.74) is 1.18. The summed E-state index contributed by atoms with van der Waals surface area (Å²) in [5.74, 6) is 0.756. The Hall–Kier alpha value is -0.488. The van der Waals surface area contributed by atoms with Crippen molar-refractivity contribution in [3.8, 4) is 5.75 Å². The van der Waals surface area contributed by atoms with E-state index in [2.05, 4.69) is 61.6 Å². The van der Waals surface area contributed by atoms with Gasteiger partial charge in [0.1, 0.15) is 5.75 Å². The van der Waals surface area contributed by atoms with Crippen LogP contribution in [0.5, 0.6) is 5.75 Å². The molecule has 1 saturated heterocycles. The van der Waals surface area contributed by atoms with Crippen molar-refractivity contribution in [3.05, 3.63) is 22.7 Å². The quantitative estimate of drug-likeness (QED) is 0.661. The van der Waals surface area contributed by atoms with Gasteiger partial charge in [0, 0.05) is 0 Å². The van der Waals surface area contributed by atoms with Crippen LogP contribution in [0.3, 0.4) is 0 Å². The van der Waals surface area contributed by atoms with Gasteiger partial charge in [-0.3, -0.25) is 0 Å². The predicted octanol–water partition coefficient (Wildman–Crippen LogP) is 5.33. The van der Waals surface area contributed by atoms with E-state index in [1.807, 2.05) is 19.1 Å². The van der Waals surface area contributed by atoms with Crippen molar-refractivity contribution in [1.82, 2.24) is 0 Å². The second-order valence-electron chi connectivity index (χ2n) is 9.54. The average Bonchev–Trinajstić information content (AvgIpc) is 2.62. The van der Waals surface area contributed by atoms with Gasteiger partial charge in [0.15, 0.2) is 0 Å². The molecule has 0 amide bonds. The van der Waals surface area contributed by atoms with Gasteiger partial charge in [-0.25, -0.2) is 0 Å². The molecule has 0 saturated carbocycles. The molecule has 25 heavy (non-hydrogen) atoms. The normalized spacial score (nSPS) is 20.0. The second-order valence-corrected chi connectivity index (χ2v) is 14.6. The molecule has 1 fully saturated rings. The summed E-state index contributed by atoms with van der Waals surface area (Å²) in [6.45, 7) is 21.3. The molecule has 1 aromatic carbocycles. The van der Waals surface area contributed by atoms with Crippen LogP contribution in [0.1, 0.15) is 54.0 Å². The molecule has 2 rings (SSSR count). The Kier molecular flexibility index (Phi) is 5.24. The first kappa shape index (κ1) is 20.8. The van der Waals surface area contributed by atoms with Crippen molar-refractivity contribution < 1.29 is 13.7 Å². The van der Waals surface area contributed by atoms with E-state index in [0.717, 1.165) is 16.8 Å². The SMILES string of the molecule is Cc1c(B2OC(C)(C)C(C)(C)O2)ccc(O[Si](C)(C)C(C)(C)C)c1Cl. The van der Waals surface area contributed by atoms with E-state index < -0.39 is 15.4 Å². The fourth-order valence-corrected chi connectivity index (χ4v) is 3.71. The van der Waals surface area contributed by atoms with Gasteiger partial charge in [0.2, 0.25) is 0 Å². The second kappa shape index (κ2) is 6.29. The highest BCUT2D eigenvalue weighted by molar-refractivity contribution is 6.74. The third-order valence-corrected chi connectivity index (χ3v) is 10.9. The van der Waals surface area contributed by atoms with Crippen LogP contribution in [-0.2, 0) is 9.31 Å². The first-order chi connectivity index (χ1) is 11.1. The van der Waals surface area contributed by atoms with E-state index in [-0.39, 0.29) is 16.2 Å². The lowest BCUT2D eigenvalue weighted by Gasteiger charge is -2.37. The minimum absolute atomic E-state index is 0.120. The molecule has 0 N–H and O–H groups in total. The van der Waals surface area contributed by atoms with Gasteiger partial charge in [-0.05, 0) is 69.8 Å². The van der Waals surface area contributed by atoms with Gasteiger partial charge >= 0.3 is 7.12 Å². The Bertz CT molecular complexity index is 649. The fraction of sp³-hybridized carbons (Fsp3) is 0.684. The molecule has 0 unspecified atom stereocenters. The molecule has 0 atom stereocenters. The molecule has 0 aromatic heterocycles. The lowest BCUT2D eigenvalue weighted by atomic mass is 9.76. The first-order valence-electron chi connectivity index (χ1n) is 8.93. The number of hydrogen-bond donors (Lipinski definition) is 0. The van der Waals surface area contributed by atoms with E-state index in [9.17, 15) is 0 Å². The van der Waals surface area contributed by atoms with Crippen LogP contribution in [0.2, 0.25) is 23.2 Å². The van der Waals surface area contributed by atoms with Crippen molar-refractivity contribution in [1.29, 1.82) is 0 Å². The highest BCUT2D eigenvalue weighted by atomic mass is 35.5. The molecule has 3 nitrogen and oxygen atoms in total. The summed E-state index contributed by atoms with van der Waals surface area (Å²) in [6.07, 6.45) is 0. The average molecular weight is 383 g/mol. The molecule has 1 aliphatic rings. The van der Waals surface area contributed by atoms with Crippen LogP contribution in [0.15, 0.2) is 12.1 Å². The minimum Gasteiger partial charge on any atom is -0.543 e. The van der Waals surface area contributed by atoms with E-state index in [0.29, 0.717) is 5.02 Å². The van der Waals surface area contributed by atoms with Crippen molar-refractivity contribution in [2.45, 2.75) is 84.7 Å². The van der Waals surface area contributed by atoms with Crippen LogP contribution >= 0.6 is 11.6 Å². The molecule has 0 aliphatic carbocycles. The Morgan fingerprint density at radius 2 is 1.52 bits per heavy atom. The van der Waals surface area contributed by atoms with E-state index in [1.54, 1.807) is 0 Å². The highest BCUT2D eigenvalue weighted by Gasteiger charge is 2.52. The summed E-state index contributed by atoms with van der Waals surface area (Å²) in [6, 6.07) is 3.97. The molecular formula is C19H32BClO3Si. The molecular weight excluding hydrogens is 351 g/mol. The monoisotopic (exact) mass is 382 g/mol. The van der Waals surface area contributed by atoms with Crippen molar-refractivity contribution >= 4 is 32.5 Å². The molecule has 1 aromatic rings. The maximum absolute atomic E-state index is 6.66. The Morgan fingerprint density at radius 1 is 1.04 bits per heavy atom. The Labute approximate surface area is 159 Å². The number of benzene rings is 1. The zero-order valence-electron chi connectivity index (χ0n) is 17.3. The van der Waals surface area contributed by atoms with E-state index >= 15 is 0 Å². The Morgan fingerprint density at radius 3 is 1.96 bits per heavy atom. The fourth-order valence-electron chi connectivity index (χ4n) is 2.41. The van der Waals surface area contributed by atoms with E-state index in [4.69, 9.17) is 25.3 Å². The van der Waals surface area contributed by atoms with Gasteiger partial charge < -0.3 is 13.7 Å². The topological polar surface area (TPSA) is 27.7 Å². The van der Waals surface area contributed by atoms with Crippen molar-refractivity contribution in [3.63, 3.8) is 0 Å². The lowest BCUT2D eigenvalue weighted by molar-refractivity contribution is 0.00578. The van der Waals surface area contributed by atoms with Crippen LogP contribution < -0.4 is 9.89 Å². The zero-order valence-corrected chi connectivity index (χ0v) is 19.1. The summed E-state index contributed by atoms with van der Waals surface area (Å²) in [4.78, 5) is 0. The zero-order chi connectivity index (χ0) is 19.4. The standard InChI is InChI=1S/C19H32BClO3Si/c1-13-14(20-23-18(5,6)19(7,8)24-20)11-12-15(16(13)21)22-25(9,10)17(2,3)4/h11-12H,1-10H3. The van der Waals surface area contributed by atoms with Gasteiger partial charge in [0.25, 0.3) is 8.32 Å². The smallest absolute Gasteiger partial charge is 0.495 e. The van der Waals surface area contributed by atoms with Crippen molar-refractivity contribution in [2.24, 2.45) is 0 Å². The van der Waals surface area contributed by atoms with Crippen LogP contribution in [0.25, 0.3) is 0 Å². The molecule has 6 heteroatoms. The van der Waals surface area contributed by atoms with Gasteiger partial charge in [-0.2, -0.15) is 0 Å². The summed E-state index contributed by atoms with van der Waals surface area (Å²) >= 11 is 6.66. The Balaban J connectivity index is 2.34. The largest absolute Gasteiger partial charge is 0.543 e. The maximum Gasteiger partial charge on any atom is 0.495 e. The summed E-state index contributed by atoms with van der Waals surface area (Å²) in [7, 11) is -2.35. The van der Waals surface area contributed by atoms with Gasteiger partial charge in [-0.1, -0.05) is 38.4 Å². The molecule has 0 spiro atoms. The minimum atomic E-state index is -1.94.